The minimum atomic E-state index is -1.07. The van der Waals surface area contributed by atoms with Crippen molar-refractivity contribution in [2.75, 3.05) is 0 Å². The number of aromatic amines is 1. The molecule has 0 saturated heterocycles. The molecule has 3 rings (SSSR count). The molecule has 4 N–H and O–H groups in total. The number of aliphatic carboxylic acids is 1. The van der Waals surface area contributed by atoms with Crippen molar-refractivity contribution in [1.82, 2.24) is 15.6 Å². The molecule has 3 aromatic rings. The molecule has 0 aliphatic carbocycles. The lowest BCUT2D eigenvalue weighted by molar-refractivity contribution is -0.139. The predicted octanol–water partition coefficient (Wildman–Crippen LogP) is 3.28. The summed E-state index contributed by atoms with van der Waals surface area (Å²) in [5.41, 5.74) is 4.99. The second kappa shape index (κ2) is 7.95. The van der Waals surface area contributed by atoms with Gasteiger partial charge >= 0.3 is 12.0 Å². The largest absolute Gasteiger partial charge is 0.480 e. The van der Waals surface area contributed by atoms with E-state index in [1.54, 1.807) is 6.20 Å². The maximum absolute atomic E-state index is 12.2. The number of nitrogens with one attached hydrogen (secondary N) is 3. The summed E-state index contributed by atoms with van der Waals surface area (Å²) in [6.45, 7) is 4.31. The zero-order valence-corrected chi connectivity index (χ0v) is 15.4. The van der Waals surface area contributed by atoms with E-state index < -0.39 is 18.0 Å². The molecular formula is C21H23N3O3. The van der Waals surface area contributed by atoms with Crippen LogP contribution in [0, 0.1) is 13.8 Å². The van der Waals surface area contributed by atoms with Crippen molar-refractivity contribution in [3.05, 3.63) is 70.9 Å². The number of fused-ring (bicyclic) bond motifs is 1. The van der Waals surface area contributed by atoms with Crippen LogP contribution in [0.3, 0.4) is 0 Å². The molecule has 27 heavy (non-hydrogen) atoms. The molecule has 0 saturated carbocycles. The standard InChI is InChI=1S/C21H23N3O3/c1-13-7-8-14(2)15(9-13)11-23-21(27)24-19(20(25)26)10-16-12-22-18-6-4-3-5-17(16)18/h3-9,12,19,22H,10-11H2,1-2H3,(H,25,26)(H2,23,24,27)/t19-/m1/s1. The number of H-pyrrole nitrogens is 1. The van der Waals surface area contributed by atoms with Gasteiger partial charge in [-0.2, -0.15) is 0 Å². The molecule has 0 spiro atoms. The number of carboxylic acids is 1. The Hall–Kier alpha value is -3.28. The molecule has 6 nitrogen and oxygen atoms in total. The van der Waals surface area contributed by atoms with Crippen LogP contribution in [0.25, 0.3) is 10.9 Å². The second-order valence-corrected chi connectivity index (χ2v) is 6.71. The Balaban J connectivity index is 1.64. The SMILES string of the molecule is Cc1ccc(C)c(CNC(=O)N[C@H](Cc2c[nH]c3ccccc23)C(=O)O)c1. The van der Waals surface area contributed by atoms with Crippen molar-refractivity contribution in [2.24, 2.45) is 0 Å². The third-order valence-electron chi connectivity index (χ3n) is 4.65. The fourth-order valence-corrected chi connectivity index (χ4v) is 3.10. The average molecular weight is 365 g/mol. The molecular weight excluding hydrogens is 342 g/mol. The number of benzene rings is 2. The molecule has 0 aliphatic rings. The number of aryl methyl sites for hydroxylation is 2. The van der Waals surface area contributed by atoms with Crippen LogP contribution in [-0.4, -0.2) is 28.1 Å². The van der Waals surface area contributed by atoms with Crippen LogP contribution in [0.5, 0.6) is 0 Å². The van der Waals surface area contributed by atoms with Crippen LogP contribution in [0.1, 0.15) is 22.3 Å². The highest BCUT2D eigenvalue weighted by atomic mass is 16.4. The molecule has 2 aromatic carbocycles. The van der Waals surface area contributed by atoms with E-state index in [9.17, 15) is 14.7 Å². The first-order valence-electron chi connectivity index (χ1n) is 8.82. The lowest BCUT2D eigenvalue weighted by atomic mass is 10.0. The van der Waals surface area contributed by atoms with Crippen LogP contribution in [0.4, 0.5) is 4.79 Å². The fourth-order valence-electron chi connectivity index (χ4n) is 3.10. The van der Waals surface area contributed by atoms with Gasteiger partial charge in [-0.05, 0) is 36.6 Å². The lowest BCUT2D eigenvalue weighted by Crippen LogP contribution is -2.46. The molecule has 1 aromatic heterocycles. The number of carboxylic acid groups (broad SMARTS) is 1. The maximum atomic E-state index is 12.2. The Kier molecular flexibility index (Phi) is 5.45. The molecule has 0 bridgehead atoms. The molecule has 0 aliphatic heterocycles. The van der Waals surface area contributed by atoms with Crippen molar-refractivity contribution in [3.8, 4) is 0 Å². The Morgan fingerprint density at radius 1 is 1.11 bits per heavy atom. The first kappa shape index (κ1) is 18.5. The lowest BCUT2D eigenvalue weighted by Gasteiger charge is -2.16. The number of urea groups is 1. The van der Waals surface area contributed by atoms with Crippen molar-refractivity contribution < 1.29 is 14.7 Å². The van der Waals surface area contributed by atoms with Gasteiger partial charge in [0.1, 0.15) is 6.04 Å². The minimum absolute atomic E-state index is 0.205. The summed E-state index contributed by atoms with van der Waals surface area (Å²) in [5, 5.41) is 15.8. The molecule has 0 unspecified atom stereocenters. The maximum Gasteiger partial charge on any atom is 0.326 e. The topological polar surface area (TPSA) is 94.2 Å². The van der Waals surface area contributed by atoms with E-state index in [0.717, 1.165) is 33.2 Å². The van der Waals surface area contributed by atoms with Gasteiger partial charge in [-0.25, -0.2) is 9.59 Å². The summed E-state index contributed by atoms with van der Waals surface area (Å²) in [6, 6.07) is 12.2. The number of para-hydroxylation sites is 1. The van der Waals surface area contributed by atoms with Gasteiger partial charge in [0.05, 0.1) is 0 Å². The molecule has 1 atom stereocenters. The van der Waals surface area contributed by atoms with Crippen LogP contribution in [0.15, 0.2) is 48.7 Å². The van der Waals surface area contributed by atoms with Gasteiger partial charge < -0.3 is 20.7 Å². The molecule has 0 fully saturated rings. The summed E-state index contributed by atoms with van der Waals surface area (Å²) in [4.78, 5) is 27.0. The Morgan fingerprint density at radius 3 is 2.67 bits per heavy atom. The van der Waals surface area contributed by atoms with Crippen molar-refractivity contribution >= 4 is 22.9 Å². The fraction of sp³-hybridized carbons (Fsp3) is 0.238. The number of amides is 2. The summed E-state index contributed by atoms with van der Waals surface area (Å²) >= 11 is 0. The summed E-state index contributed by atoms with van der Waals surface area (Å²) in [5.74, 6) is -1.07. The third-order valence-corrected chi connectivity index (χ3v) is 4.65. The van der Waals surface area contributed by atoms with E-state index >= 15 is 0 Å². The quantitative estimate of drug-likeness (QED) is 0.540. The first-order valence-corrected chi connectivity index (χ1v) is 8.82. The molecule has 6 heteroatoms. The Bertz CT molecular complexity index is 978. The predicted molar refractivity (Wildman–Crippen MR) is 105 cm³/mol. The van der Waals surface area contributed by atoms with E-state index in [1.807, 2.05) is 56.3 Å². The van der Waals surface area contributed by atoms with Gasteiger partial charge in [0.15, 0.2) is 0 Å². The van der Waals surface area contributed by atoms with Crippen LogP contribution >= 0.6 is 0 Å². The van der Waals surface area contributed by atoms with Crippen molar-refractivity contribution in [3.63, 3.8) is 0 Å². The number of carbonyl (C=O) groups excluding carboxylic acids is 1. The minimum Gasteiger partial charge on any atom is -0.480 e. The third kappa shape index (κ3) is 4.47. The van der Waals surface area contributed by atoms with E-state index in [1.165, 1.54) is 0 Å². The Labute approximate surface area is 157 Å². The van der Waals surface area contributed by atoms with Crippen LogP contribution in [-0.2, 0) is 17.8 Å². The average Bonchev–Trinajstić information content (AvgIpc) is 3.05. The van der Waals surface area contributed by atoms with E-state index in [0.29, 0.717) is 6.54 Å². The van der Waals surface area contributed by atoms with Gasteiger partial charge in [-0.3, -0.25) is 0 Å². The smallest absolute Gasteiger partial charge is 0.326 e. The van der Waals surface area contributed by atoms with Crippen molar-refractivity contribution in [2.45, 2.75) is 32.9 Å². The van der Waals surface area contributed by atoms with Crippen LogP contribution < -0.4 is 10.6 Å². The highest BCUT2D eigenvalue weighted by Crippen LogP contribution is 2.19. The van der Waals surface area contributed by atoms with E-state index in [4.69, 9.17) is 0 Å². The molecule has 2 amide bonds. The molecule has 1 heterocycles. The Morgan fingerprint density at radius 2 is 1.89 bits per heavy atom. The van der Waals surface area contributed by atoms with Gasteiger partial charge in [-0.1, -0.05) is 42.0 Å². The number of rotatable bonds is 6. The van der Waals surface area contributed by atoms with E-state index in [2.05, 4.69) is 15.6 Å². The monoisotopic (exact) mass is 365 g/mol. The number of aromatic nitrogens is 1. The zero-order valence-electron chi connectivity index (χ0n) is 15.4. The summed E-state index contributed by atoms with van der Waals surface area (Å²) in [7, 11) is 0. The molecule has 0 radical (unpaired) electrons. The van der Waals surface area contributed by atoms with Crippen LogP contribution in [0.2, 0.25) is 0 Å². The zero-order chi connectivity index (χ0) is 19.4. The van der Waals surface area contributed by atoms with Crippen molar-refractivity contribution in [1.29, 1.82) is 0 Å². The summed E-state index contributed by atoms with van der Waals surface area (Å²) < 4.78 is 0. The first-order chi connectivity index (χ1) is 12.9. The molecule has 140 valence electrons. The number of hydrogen-bond donors (Lipinski definition) is 4. The van der Waals surface area contributed by atoms with Gasteiger partial charge in [0.2, 0.25) is 0 Å². The van der Waals surface area contributed by atoms with E-state index in [-0.39, 0.29) is 6.42 Å². The van der Waals surface area contributed by atoms with Gasteiger partial charge in [-0.15, -0.1) is 0 Å². The number of carbonyl (C=O) groups is 2. The number of hydrogen-bond acceptors (Lipinski definition) is 2. The highest BCUT2D eigenvalue weighted by Gasteiger charge is 2.21. The highest BCUT2D eigenvalue weighted by molar-refractivity contribution is 5.86. The van der Waals surface area contributed by atoms with Gasteiger partial charge in [0, 0.05) is 30.1 Å². The second-order valence-electron chi connectivity index (χ2n) is 6.71. The van der Waals surface area contributed by atoms with Gasteiger partial charge in [0.25, 0.3) is 0 Å². The normalized spacial score (nSPS) is 11.9. The summed E-state index contributed by atoms with van der Waals surface area (Å²) in [6.07, 6.45) is 1.99.